The van der Waals surface area contributed by atoms with Crippen LogP contribution in [0.1, 0.15) is 21.6 Å². The Hall–Kier alpha value is -2.91. The molecule has 0 aliphatic carbocycles. The lowest BCUT2D eigenvalue weighted by Gasteiger charge is -2.10. The summed E-state index contributed by atoms with van der Waals surface area (Å²) in [6.07, 6.45) is 4.32. The predicted octanol–water partition coefficient (Wildman–Crippen LogP) is 5.98. The van der Waals surface area contributed by atoms with Crippen LogP contribution in [0.5, 0.6) is 0 Å². The van der Waals surface area contributed by atoms with Crippen molar-refractivity contribution in [1.29, 1.82) is 0 Å². The van der Waals surface area contributed by atoms with Gasteiger partial charge in [-0.2, -0.15) is 5.10 Å². The lowest BCUT2D eigenvalue weighted by Crippen LogP contribution is -2.30. The zero-order valence-electron chi connectivity index (χ0n) is 17.4. The molecular formula is C23H15Cl3FN3O3S. The van der Waals surface area contributed by atoms with Gasteiger partial charge in [-0.1, -0.05) is 59.1 Å². The van der Waals surface area contributed by atoms with Crippen LogP contribution in [0.3, 0.4) is 0 Å². The first-order chi connectivity index (χ1) is 16.0. The molecule has 0 atom stereocenters. The van der Waals surface area contributed by atoms with Crippen molar-refractivity contribution in [2.45, 2.75) is 0 Å². The summed E-state index contributed by atoms with van der Waals surface area (Å²) < 4.78 is 40.6. The Morgan fingerprint density at radius 2 is 1.76 bits per heavy atom. The molecule has 0 saturated carbocycles. The number of sulfonamides is 1. The first-order valence-corrected chi connectivity index (χ1v) is 12.7. The minimum atomic E-state index is -3.88. The van der Waals surface area contributed by atoms with E-state index < -0.39 is 27.3 Å². The smallest absolute Gasteiger partial charge is 0.267 e. The molecule has 4 aromatic rings. The van der Waals surface area contributed by atoms with Crippen LogP contribution in [0, 0.1) is 5.82 Å². The van der Waals surface area contributed by atoms with Gasteiger partial charge in [-0.05, 0) is 42.0 Å². The number of nitrogens with zero attached hydrogens (tertiary/aromatic N) is 2. The van der Waals surface area contributed by atoms with Crippen LogP contribution in [0.25, 0.3) is 28.7 Å². The topological polar surface area (TPSA) is 81.1 Å². The second-order valence-electron chi connectivity index (χ2n) is 7.30. The number of hydrogen-bond acceptors (Lipinski definition) is 4. The van der Waals surface area contributed by atoms with Crippen molar-refractivity contribution in [3.63, 3.8) is 0 Å². The largest absolute Gasteiger partial charge is 0.268 e. The van der Waals surface area contributed by atoms with Crippen molar-refractivity contribution in [3.8, 4) is 5.69 Å². The van der Waals surface area contributed by atoms with Crippen molar-refractivity contribution in [2.24, 2.45) is 0 Å². The summed E-state index contributed by atoms with van der Waals surface area (Å²) in [6, 6.07) is 14.4. The Morgan fingerprint density at radius 3 is 2.47 bits per heavy atom. The molecule has 1 heterocycles. The number of amides is 1. The molecule has 1 aromatic heterocycles. The summed E-state index contributed by atoms with van der Waals surface area (Å²) in [5.74, 6) is -2.10. The highest BCUT2D eigenvalue weighted by Crippen LogP contribution is 2.31. The van der Waals surface area contributed by atoms with E-state index in [1.54, 1.807) is 41.1 Å². The summed E-state index contributed by atoms with van der Waals surface area (Å²) in [5, 5.41) is 6.26. The van der Waals surface area contributed by atoms with Crippen molar-refractivity contribution in [2.75, 3.05) is 6.26 Å². The number of carbonyl (C=O) groups excluding carboxylic acids is 1. The van der Waals surface area contributed by atoms with E-state index in [-0.39, 0.29) is 10.7 Å². The third-order valence-electron chi connectivity index (χ3n) is 4.78. The molecule has 4 rings (SSSR count). The van der Waals surface area contributed by atoms with Gasteiger partial charge in [0, 0.05) is 21.5 Å². The zero-order chi connectivity index (χ0) is 24.6. The standard InChI is InChI=1S/C23H15Cl3FN3O3S/c1-34(32,33)29-23(31)15-11-18(26)22(12-19(15)27)30-21-9-7-14(24)10-16(21)20(28-30)8-6-13-4-2-3-5-17(13)25/h2-12H,1H3,(H,29,31)/b8-6+. The highest BCUT2D eigenvalue weighted by molar-refractivity contribution is 7.89. The molecule has 174 valence electrons. The van der Waals surface area contributed by atoms with E-state index in [4.69, 9.17) is 34.8 Å². The molecule has 1 N–H and O–H groups in total. The van der Waals surface area contributed by atoms with E-state index in [0.717, 1.165) is 24.0 Å². The maximum absolute atomic E-state index is 14.8. The van der Waals surface area contributed by atoms with Gasteiger partial charge in [0.1, 0.15) is 5.82 Å². The summed E-state index contributed by atoms with van der Waals surface area (Å²) in [5.41, 5.74) is 1.52. The molecule has 0 unspecified atom stereocenters. The summed E-state index contributed by atoms with van der Waals surface area (Å²) in [7, 11) is -3.88. The van der Waals surface area contributed by atoms with E-state index in [1.165, 1.54) is 4.68 Å². The van der Waals surface area contributed by atoms with E-state index >= 15 is 0 Å². The monoisotopic (exact) mass is 537 g/mol. The van der Waals surface area contributed by atoms with E-state index in [0.29, 0.717) is 26.6 Å². The average Bonchev–Trinajstić information content (AvgIpc) is 3.10. The van der Waals surface area contributed by atoms with Crippen LogP contribution in [-0.4, -0.2) is 30.4 Å². The molecule has 0 bridgehead atoms. The third-order valence-corrected chi connectivity index (χ3v) is 6.22. The molecule has 0 aliphatic rings. The number of carbonyl (C=O) groups is 1. The van der Waals surface area contributed by atoms with Gasteiger partial charge in [-0.3, -0.25) is 4.79 Å². The fourth-order valence-electron chi connectivity index (χ4n) is 3.30. The first-order valence-electron chi connectivity index (χ1n) is 9.66. The summed E-state index contributed by atoms with van der Waals surface area (Å²) in [4.78, 5) is 12.1. The Balaban J connectivity index is 1.83. The van der Waals surface area contributed by atoms with Gasteiger partial charge in [0.15, 0.2) is 0 Å². The number of rotatable bonds is 5. The van der Waals surface area contributed by atoms with Gasteiger partial charge in [0.05, 0.1) is 33.7 Å². The number of nitrogens with one attached hydrogen (secondary N) is 1. The molecule has 34 heavy (non-hydrogen) atoms. The highest BCUT2D eigenvalue weighted by atomic mass is 35.5. The van der Waals surface area contributed by atoms with Crippen LogP contribution >= 0.6 is 34.8 Å². The van der Waals surface area contributed by atoms with Gasteiger partial charge in [-0.25, -0.2) is 22.2 Å². The summed E-state index contributed by atoms with van der Waals surface area (Å²) >= 11 is 18.8. The third kappa shape index (κ3) is 5.10. The first kappa shape index (κ1) is 24.2. The predicted molar refractivity (Wildman–Crippen MR) is 134 cm³/mol. The zero-order valence-corrected chi connectivity index (χ0v) is 20.5. The Bertz CT molecular complexity index is 1580. The molecule has 1 amide bonds. The number of benzene rings is 3. The minimum Gasteiger partial charge on any atom is -0.268 e. The SMILES string of the molecule is CS(=O)(=O)NC(=O)c1cc(Cl)c(-n2nc(/C=C/c3ccccc3Cl)c3cc(Cl)ccc32)cc1F. The maximum atomic E-state index is 14.8. The van der Waals surface area contributed by atoms with Gasteiger partial charge in [0.2, 0.25) is 10.0 Å². The summed E-state index contributed by atoms with van der Waals surface area (Å²) in [6.45, 7) is 0. The lowest BCUT2D eigenvalue weighted by molar-refractivity contribution is 0.0978. The molecule has 11 heteroatoms. The van der Waals surface area contributed by atoms with Crippen LogP contribution in [0.15, 0.2) is 54.6 Å². The number of aromatic nitrogens is 2. The molecule has 0 spiro atoms. The van der Waals surface area contributed by atoms with Crippen molar-refractivity contribution >= 4 is 73.8 Å². The van der Waals surface area contributed by atoms with Gasteiger partial charge >= 0.3 is 0 Å². The Kier molecular flexibility index (Phi) is 6.69. The molecule has 6 nitrogen and oxygen atoms in total. The molecule has 3 aromatic carbocycles. The molecular weight excluding hydrogens is 524 g/mol. The van der Waals surface area contributed by atoms with E-state index in [1.807, 2.05) is 18.2 Å². The quantitative estimate of drug-likeness (QED) is 0.339. The maximum Gasteiger partial charge on any atom is 0.267 e. The van der Waals surface area contributed by atoms with Crippen LogP contribution in [-0.2, 0) is 10.0 Å². The van der Waals surface area contributed by atoms with Gasteiger partial charge in [0.25, 0.3) is 5.91 Å². The number of halogens is 4. The number of fused-ring (bicyclic) bond motifs is 1. The van der Waals surface area contributed by atoms with Crippen molar-refractivity contribution in [3.05, 3.63) is 92.3 Å². The van der Waals surface area contributed by atoms with E-state index in [2.05, 4.69) is 5.10 Å². The number of hydrogen-bond donors (Lipinski definition) is 1. The second kappa shape index (κ2) is 9.38. The normalized spacial score (nSPS) is 11.9. The van der Waals surface area contributed by atoms with Crippen molar-refractivity contribution < 1.29 is 17.6 Å². The van der Waals surface area contributed by atoms with Gasteiger partial charge < -0.3 is 0 Å². The molecule has 0 saturated heterocycles. The van der Waals surface area contributed by atoms with Crippen LogP contribution in [0.2, 0.25) is 15.1 Å². The minimum absolute atomic E-state index is 0.0129. The van der Waals surface area contributed by atoms with Gasteiger partial charge in [-0.15, -0.1) is 0 Å². The molecule has 0 fully saturated rings. The Morgan fingerprint density at radius 1 is 1.03 bits per heavy atom. The molecule has 0 aliphatic heterocycles. The fourth-order valence-corrected chi connectivity index (χ4v) is 4.36. The lowest BCUT2D eigenvalue weighted by atomic mass is 10.1. The van der Waals surface area contributed by atoms with Crippen LogP contribution < -0.4 is 4.72 Å². The van der Waals surface area contributed by atoms with Crippen molar-refractivity contribution in [1.82, 2.24) is 14.5 Å². The Labute approximate surface area is 209 Å². The highest BCUT2D eigenvalue weighted by Gasteiger charge is 2.21. The van der Waals surface area contributed by atoms with Crippen LogP contribution in [0.4, 0.5) is 4.39 Å². The molecule has 0 radical (unpaired) electrons. The van der Waals surface area contributed by atoms with E-state index in [9.17, 15) is 17.6 Å². The average molecular weight is 539 g/mol. The fraction of sp³-hybridized carbons (Fsp3) is 0.0435. The second-order valence-corrected chi connectivity index (χ2v) is 10.3.